The molecular formula is C39H31NO. The van der Waals surface area contributed by atoms with Crippen LogP contribution in [0.5, 0.6) is 0 Å². The van der Waals surface area contributed by atoms with Crippen LogP contribution < -0.4 is 4.90 Å². The van der Waals surface area contributed by atoms with Crippen LogP contribution in [0.25, 0.3) is 39.3 Å². The average Bonchev–Trinajstić information content (AvgIpc) is 3.38. The molecule has 0 radical (unpaired) electrons. The average molecular weight is 530 g/mol. The van der Waals surface area contributed by atoms with E-state index in [4.69, 9.17) is 4.42 Å². The van der Waals surface area contributed by atoms with Crippen molar-refractivity contribution in [2.24, 2.45) is 0 Å². The molecule has 0 spiro atoms. The molecule has 0 fully saturated rings. The SMILES string of the molecule is C/C1=C/C=C\c2oc3cccc(N(c4ccc(-c5ccccc5)cc4)c4cccc(-c5ccccc5)c4)c3c2CC1. The Morgan fingerprint density at radius 1 is 0.585 bits per heavy atom. The first-order valence-corrected chi connectivity index (χ1v) is 14.2. The number of hydrogen-bond acceptors (Lipinski definition) is 2. The molecule has 0 unspecified atom stereocenters. The number of nitrogens with zero attached hydrogens (tertiary/aromatic N) is 1. The molecule has 1 aliphatic rings. The van der Waals surface area contributed by atoms with E-state index in [0.717, 1.165) is 41.2 Å². The third-order valence-corrected chi connectivity index (χ3v) is 7.91. The second-order valence-electron chi connectivity index (χ2n) is 10.6. The summed E-state index contributed by atoms with van der Waals surface area (Å²) in [6.45, 7) is 2.20. The Hall–Kier alpha value is -5.08. The number of aryl methyl sites for hydroxylation is 1. The summed E-state index contributed by atoms with van der Waals surface area (Å²) in [5, 5.41) is 1.18. The van der Waals surface area contributed by atoms with Crippen LogP contribution >= 0.6 is 0 Å². The largest absolute Gasteiger partial charge is 0.456 e. The molecule has 6 aromatic rings. The molecule has 0 saturated heterocycles. The monoisotopic (exact) mass is 529 g/mol. The van der Waals surface area contributed by atoms with Crippen LogP contribution in [0.4, 0.5) is 17.1 Å². The van der Waals surface area contributed by atoms with Crippen molar-refractivity contribution in [2.75, 3.05) is 4.90 Å². The molecule has 0 saturated carbocycles. The van der Waals surface area contributed by atoms with Crippen LogP contribution in [0.3, 0.4) is 0 Å². The highest BCUT2D eigenvalue weighted by atomic mass is 16.3. The summed E-state index contributed by atoms with van der Waals surface area (Å²) in [7, 11) is 0. The molecule has 1 heterocycles. The molecule has 2 heteroatoms. The van der Waals surface area contributed by atoms with E-state index in [1.807, 2.05) is 0 Å². The van der Waals surface area contributed by atoms with E-state index >= 15 is 0 Å². The number of fused-ring (bicyclic) bond motifs is 3. The third kappa shape index (κ3) is 4.90. The molecule has 0 N–H and O–H groups in total. The second kappa shape index (κ2) is 10.8. The summed E-state index contributed by atoms with van der Waals surface area (Å²) in [5.74, 6) is 0.952. The van der Waals surface area contributed by atoms with Crippen molar-refractivity contribution in [2.45, 2.75) is 19.8 Å². The molecule has 0 amide bonds. The van der Waals surface area contributed by atoms with Crippen molar-refractivity contribution in [1.29, 1.82) is 0 Å². The van der Waals surface area contributed by atoms with Crippen LogP contribution in [0.15, 0.2) is 150 Å². The van der Waals surface area contributed by atoms with Gasteiger partial charge in [0.05, 0.1) is 5.69 Å². The van der Waals surface area contributed by atoms with E-state index in [9.17, 15) is 0 Å². The summed E-state index contributed by atoms with van der Waals surface area (Å²) < 4.78 is 6.45. The van der Waals surface area contributed by atoms with E-state index in [1.54, 1.807) is 0 Å². The Morgan fingerprint density at radius 3 is 2.00 bits per heavy atom. The molecule has 1 aromatic heterocycles. The van der Waals surface area contributed by atoms with E-state index in [2.05, 4.69) is 157 Å². The normalized spacial score (nSPS) is 14.9. The molecule has 1 aliphatic carbocycles. The molecule has 5 aromatic carbocycles. The highest BCUT2D eigenvalue weighted by Crippen LogP contribution is 2.44. The zero-order chi connectivity index (χ0) is 27.6. The first-order chi connectivity index (χ1) is 20.2. The van der Waals surface area contributed by atoms with Gasteiger partial charge in [-0.1, -0.05) is 109 Å². The highest BCUT2D eigenvalue weighted by molar-refractivity contribution is 6.00. The molecule has 41 heavy (non-hydrogen) atoms. The van der Waals surface area contributed by atoms with Gasteiger partial charge in [-0.25, -0.2) is 0 Å². The molecule has 0 bridgehead atoms. The van der Waals surface area contributed by atoms with Gasteiger partial charge in [-0.2, -0.15) is 0 Å². The summed E-state index contributed by atoms with van der Waals surface area (Å²) in [6, 6.07) is 45.3. The fraction of sp³-hybridized carbons (Fsp3) is 0.0769. The topological polar surface area (TPSA) is 16.4 Å². The van der Waals surface area contributed by atoms with Gasteiger partial charge in [-0.05, 0) is 84.5 Å². The number of anilines is 3. The quantitative estimate of drug-likeness (QED) is 0.221. The number of furan rings is 1. The Kier molecular flexibility index (Phi) is 6.58. The lowest BCUT2D eigenvalue weighted by Gasteiger charge is -2.27. The molecular weight excluding hydrogens is 498 g/mol. The molecule has 0 atom stereocenters. The first-order valence-electron chi connectivity index (χ1n) is 14.2. The van der Waals surface area contributed by atoms with Crippen LogP contribution in [-0.4, -0.2) is 0 Å². The van der Waals surface area contributed by atoms with Gasteiger partial charge in [0, 0.05) is 22.3 Å². The minimum atomic E-state index is 0.918. The summed E-state index contributed by atoms with van der Waals surface area (Å²) >= 11 is 0. The van der Waals surface area contributed by atoms with Gasteiger partial charge < -0.3 is 9.32 Å². The Bertz CT molecular complexity index is 1880. The Balaban J connectivity index is 1.42. The zero-order valence-electron chi connectivity index (χ0n) is 23.1. The van der Waals surface area contributed by atoms with Crippen molar-refractivity contribution in [1.82, 2.24) is 0 Å². The van der Waals surface area contributed by atoms with Gasteiger partial charge in [0.15, 0.2) is 0 Å². The van der Waals surface area contributed by atoms with Crippen molar-refractivity contribution in [3.63, 3.8) is 0 Å². The van der Waals surface area contributed by atoms with Crippen molar-refractivity contribution >= 4 is 34.1 Å². The number of allylic oxidation sites excluding steroid dienone is 3. The maximum Gasteiger partial charge on any atom is 0.137 e. The maximum atomic E-state index is 6.45. The van der Waals surface area contributed by atoms with E-state index in [0.29, 0.717) is 0 Å². The van der Waals surface area contributed by atoms with Crippen LogP contribution in [0, 0.1) is 0 Å². The van der Waals surface area contributed by atoms with E-state index < -0.39 is 0 Å². The van der Waals surface area contributed by atoms with Gasteiger partial charge in [0.25, 0.3) is 0 Å². The lowest BCUT2D eigenvalue weighted by atomic mass is 9.98. The van der Waals surface area contributed by atoms with Crippen LogP contribution in [-0.2, 0) is 6.42 Å². The third-order valence-electron chi connectivity index (χ3n) is 7.91. The molecule has 2 nitrogen and oxygen atoms in total. The van der Waals surface area contributed by atoms with Crippen LogP contribution in [0.2, 0.25) is 0 Å². The fourth-order valence-corrected chi connectivity index (χ4v) is 5.80. The summed E-state index contributed by atoms with van der Waals surface area (Å²) in [4.78, 5) is 2.38. The first kappa shape index (κ1) is 24.9. The van der Waals surface area contributed by atoms with E-state index in [1.165, 1.54) is 38.8 Å². The number of benzene rings is 5. The lowest BCUT2D eigenvalue weighted by Crippen LogP contribution is -2.11. The Morgan fingerprint density at radius 2 is 1.24 bits per heavy atom. The van der Waals surface area contributed by atoms with Crippen molar-refractivity contribution in [3.05, 3.63) is 156 Å². The number of rotatable bonds is 5. The predicted molar refractivity (Wildman–Crippen MR) is 173 cm³/mol. The number of hydrogen-bond donors (Lipinski definition) is 0. The van der Waals surface area contributed by atoms with Gasteiger partial charge in [0.1, 0.15) is 11.3 Å². The summed E-state index contributed by atoms with van der Waals surface area (Å²) in [5.41, 5.74) is 11.7. The predicted octanol–water partition coefficient (Wildman–Crippen LogP) is 11.1. The maximum absolute atomic E-state index is 6.45. The zero-order valence-corrected chi connectivity index (χ0v) is 23.1. The van der Waals surface area contributed by atoms with Crippen LogP contribution in [0.1, 0.15) is 24.7 Å². The van der Waals surface area contributed by atoms with Gasteiger partial charge in [-0.15, -0.1) is 0 Å². The van der Waals surface area contributed by atoms with Gasteiger partial charge >= 0.3 is 0 Å². The van der Waals surface area contributed by atoms with Gasteiger partial charge in [-0.3, -0.25) is 0 Å². The van der Waals surface area contributed by atoms with Crippen molar-refractivity contribution < 1.29 is 4.42 Å². The smallest absolute Gasteiger partial charge is 0.137 e. The lowest BCUT2D eigenvalue weighted by molar-refractivity contribution is 0.597. The van der Waals surface area contributed by atoms with Crippen molar-refractivity contribution in [3.8, 4) is 22.3 Å². The van der Waals surface area contributed by atoms with E-state index in [-0.39, 0.29) is 0 Å². The fourth-order valence-electron chi connectivity index (χ4n) is 5.80. The minimum absolute atomic E-state index is 0.918. The standard InChI is InChI=1S/C39H31NO/c1-28-11-8-19-37-35(26-21-28)39-36(18-10-20-38(39)41-37)40(33-24-22-31(23-25-33)29-12-4-2-5-13-29)34-17-9-16-32(27-34)30-14-6-3-7-15-30/h2-20,22-25,27H,21,26H2,1H3/b19-8-,28-11-. The molecule has 0 aliphatic heterocycles. The Labute approximate surface area is 241 Å². The summed E-state index contributed by atoms with van der Waals surface area (Å²) in [6.07, 6.45) is 8.36. The minimum Gasteiger partial charge on any atom is -0.456 e. The van der Waals surface area contributed by atoms with Gasteiger partial charge in [0.2, 0.25) is 0 Å². The second-order valence-corrected chi connectivity index (χ2v) is 10.6. The molecule has 7 rings (SSSR count). The molecule has 198 valence electrons. The highest BCUT2D eigenvalue weighted by Gasteiger charge is 2.22.